The van der Waals surface area contributed by atoms with E-state index in [1.165, 1.54) is 57.7 Å². The SMILES string of the molecule is CC(C1CCN(Cc2ccc(Cl)cc2)CC1)N1CCN(C)CC1. The first kappa shape index (κ1) is 17.2. The molecular weight excluding hydrogens is 306 g/mol. The molecule has 2 saturated heterocycles. The van der Waals surface area contributed by atoms with E-state index in [0.29, 0.717) is 0 Å². The number of benzene rings is 1. The van der Waals surface area contributed by atoms with Crippen LogP contribution in [0.2, 0.25) is 5.02 Å². The van der Waals surface area contributed by atoms with Crippen LogP contribution in [0.1, 0.15) is 25.3 Å². The monoisotopic (exact) mass is 335 g/mol. The Morgan fingerprint density at radius 2 is 1.61 bits per heavy atom. The Kier molecular flexibility index (Phi) is 5.97. The number of hydrogen-bond donors (Lipinski definition) is 0. The lowest BCUT2D eigenvalue weighted by Crippen LogP contribution is -2.51. The fourth-order valence-electron chi connectivity index (χ4n) is 3.97. The molecule has 1 aromatic carbocycles. The Morgan fingerprint density at radius 3 is 2.22 bits per heavy atom. The summed E-state index contributed by atoms with van der Waals surface area (Å²) in [5.41, 5.74) is 1.37. The molecule has 0 bridgehead atoms. The van der Waals surface area contributed by atoms with Crippen molar-refractivity contribution in [3.63, 3.8) is 0 Å². The molecule has 1 unspecified atom stereocenters. The second-order valence-corrected chi connectivity index (χ2v) is 7.76. The van der Waals surface area contributed by atoms with Crippen LogP contribution in [0.15, 0.2) is 24.3 Å². The topological polar surface area (TPSA) is 9.72 Å². The fourth-order valence-corrected chi connectivity index (χ4v) is 4.09. The van der Waals surface area contributed by atoms with Gasteiger partial charge in [0.05, 0.1) is 0 Å². The zero-order valence-corrected chi connectivity index (χ0v) is 15.3. The largest absolute Gasteiger partial charge is 0.304 e. The highest BCUT2D eigenvalue weighted by molar-refractivity contribution is 6.30. The molecular formula is C19H30ClN3. The van der Waals surface area contributed by atoms with Crippen molar-refractivity contribution in [1.82, 2.24) is 14.7 Å². The minimum atomic E-state index is 0.737. The molecule has 2 aliphatic heterocycles. The molecule has 3 nitrogen and oxygen atoms in total. The lowest BCUT2D eigenvalue weighted by molar-refractivity contribution is 0.0598. The van der Waals surface area contributed by atoms with E-state index in [1.54, 1.807) is 0 Å². The van der Waals surface area contributed by atoms with Gasteiger partial charge < -0.3 is 4.90 Å². The molecule has 0 N–H and O–H groups in total. The maximum atomic E-state index is 5.97. The number of piperidine rings is 1. The summed E-state index contributed by atoms with van der Waals surface area (Å²) in [5.74, 6) is 0.861. The third kappa shape index (κ3) is 4.69. The van der Waals surface area contributed by atoms with Gasteiger partial charge in [-0.05, 0) is 63.5 Å². The van der Waals surface area contributed by atoms with Gasteiger partial charge in [0.25, 0.3) is 0 Å². The molecule has 1 aromatic rings. The highest BCUT2D eigenvalue weighted by Gasteiger charge is 2.29. The van der Waals surface area contributed by atoms with Crippen LogP contribution in [0.3, 0.4) is 0 Å². The third-order valence-corrected chi connectivity index (χ3v) is 6.00. The molecule has 0 aliphatic carbocycles. The van der Waals surface area contributed by atoms with Crippen molar-refractivity contribution in [3.05, 3.63) is 34.9 Å². The highest BCUT2D eigenvalue weighted by Crippen LogP contribution is 2.25. The van der Waals surface area contributed by atoms with Crippen LogP contribution in [-0.2, 0) is 6.54 Å². The molecule has 0 saturated carbocycles. The molecule has 1 atom stereocenters. The first-order valence-electron chi connectivity index (χ1n) is 9.01. The first-order valence-corrected chi connectivity index (χ1v) is 9.39. The average molecular weight is 336 g/mol. The van der Waals surface area contributed by atoms with E-state index in [0.717, 1.165) is 23.5 Å². The van der Waals surface area contributed by atoms with Gasteiger partial charge in [0, 0.05) is 43.8 Å². The van der Waals surface area contributed by atoms with E-state index < -0.39 is 0 Å². The van der Waals surface area contributed by atoms with Crippen molar-refractivity contribution < 1.29 is 0 Å². The van der Waals surface area contributed by atoms with Crippen LogP contribution in [0, 0.1) is 5.92 Å². The van der Waals surface area contributed by atoms with Gasteiger partial charge in [-0.1, -0.05) is 23.7 Å². The minimum Gasteiger partial charge on any atom is -0.304 e. The van der Waals surface area contributed by atoms with Gasteiger partial charge in [0.2, 0.25) is 0 Å². The quantitative estimate of drug-likeness (QED) is 0.836. The maximum Gasteiger partial charge on any atom is 0.0406 e. The Hall–Kier alpha value is -0.610. The van der Waals surface area contributed by atoms with Crippen LogP contribution < -0.4 is 0 Å². The van der Waals surface area contributed by atoms with Crippen LogP contribution in [-0.4, -0.2) is 67.1 Å². The zero-order valence-electron chi connectivity index (χ0n) is 14.5. The predicted octanol–water partition coefficient (Wildman–Crippen LogP) is 3.19. The van der Waals surface area contributed by atoms with Gasteiger partial charge in [-0.2, -0.15) is 0 Å². The van der Waals surface area contributed by atoms with E-state index in [2.05, 4.69) is 40.8 Å². The standard InChI is InChI=1S/C19H30ClN3/c1-16(23-13-11-21(2)12-14-23)18-7-9-22(10-8-18)15-17-3-5-19(20)6-4-17/h3-6,16,18H,7-15H2,1-2H3. The van der Waals surface area contributed by atoms with Crippen LogP contribution in [0.5, 0.6) is 0 Å². The van der Waals surface area contributed by atoms with Gasteiger partial charge in [-0.15, -0.1) is 0 Å². The summed E-state index contributed by atoms with van der Waals surface area (Å²) >= 11 is 5.97. The van der Waals surface area contributed by atoms with Crippen LogP contribution in [0.4, 0.5) is 0 Å². The van der Waals surface area contributed by atoms with Gasteiger partial charge in [0.15, 0.2) is 0 Å². The Labute approximate surface area is 146 Å². The lowest BCUT2D eigenvalue weighted by atomic mass is 9.89. The van der Waals surface area contributed by atoms with Gasteiger partial charge in [-0.25, -0.2) is 0 Å². The maximum absolute atomic E-state index is 5.97. The van der Waals surface area contributed by atoms with Crippen molar-refractivity contribution >= 4 is 11.6 Å². The number of likely N-dealkylation sites (N-methyl/N-ethyl adjacent to an activating group) is 1. The van der Waals surface area contributed by atoms with Gasteiger partial charge >= 0.3 is 0 Å². The molecule has 2 fully saturated rings. The van der Waals surface area contributed by atoms with Crippen molar-refractivity contribution in [2.75, 3.05) is 46.3 Å². The molecule has 23 heavy (non-hydrogen) atoms. The zero-order chi connectivity index (χ0) is 16.2. The molecule has 0 spiro atoms. The summed E-state index contributed by atoms with van der Waals surface area (Å²) < 4.78 is 0. The molecule has 0 radical (unpaired) electrons. The van der Waals surface area contributed by atoms with Gasteiger partial charge in [0.1, 0.15) is 0 Å². The van der Waals surface area contributed by atoms with Gasteiger partial charge in [-0.3, -0.25) is 9.80 Å². The second kappa shape index (κ2) is 7.98. The third-order valence-electron chi connectivity index (χ3n) is 5.75. The normalized spacial score (nSPS) is 24.0. The van der Waals surface area contributed by atoms with Crippen molar-refractivity contribution in [1.29, 1.82) is 0 Å². The average Bonchev–Trinajstić information content (AvgIpc) is 2.58. The summed E-state index contributed by atoms with van der Waals surface area (Å²) in [7, 11) is 2.23. The molecule has 2 heterocycles. The predicted molar refractivity (Wildman–Crippen MR) is 98.0 cm³/mol. The second-order valence-electron chi connectivity index (χ2n) is 7.32. The Bertz CT molecular complexity index is 474. The lowest BCUT2D eigenvalue weighted by Gasteiger charge is -2.42. The molecule has 0 aromatic heterocycles. The van der Waals surface area contributed by atoms with Crippen LogP contribution in [0.25, 0.3) is 0 Å². The molecule has 3 rings (SSSR count). The van der Waals surface area contributed by atoms with E-state index in [9.17, 15) is 0 Å². The Morgan fingerprint density at radius 1 is 1.00 bits per heavy atom. The van der Waals surface area contributed by atoms with Crippen molar-refractivity contribution in [3.8, 4) is 0 Å². The first-order chi connectivity index (χ1) is 11.1. The summed E-state index contributed by atoms with van der Waals surface area (Å²) in [6.45, 7) is 10.9. The number of halogens is 1. The molecule has 4 heteroatoms. The molecule has 0 amide bonds. The van der Waals surface area contributed by atoms with Crippen LogP contribution >= 0.6 is 11.6 Å². The van der Waals surface area contributed by atoms with Crippen molar-refractivity contribution in [2.45, 2.75) is 32.4 Å². The van der Waals surface area contributed by atoms with Crippen molar-refractivity contribution in [2.24, 2.45) is 5.92 Å². The van der Waals surface area contributed by atoms with E-state index in [-0.39, 0.29) is 0 Å². The summed E-state index contributed by atoms with van der Waals surface area (Å²) in [6.07, 6.45) is 2.67. The number of likely N-dealkylation sites (tertiary alicyclic amines) is 1. The smallest absolute Gasteiger partial charge is 0.0406 e. The van der Waals surface area contributed by atoms with E-state index in [1.807, 2.05) is 12.1 Å². The summed E-state index contributed by atoms with van der Waals surface area (Å²) in [4.78, 5) is 7.74. The minimum absolute atomic E-state index is 0.737. The number of hydrogen-bond acceptors (Lipinski definition) is 3. The van der Waals surface area contributed by atoms with E-state index in [4.69, 9.17) is 11.6 Å². The highest BCUT2D eigenvalue weighted by atomic mass is 35.5. The summed E-state index contributed by atoms with van der Waals surface area (Å²) in [5, 5.41) is 0.827. The molecule has 2 aliphatic rings. The Balaban J connectivity index is 1.45. The fraction of sp³-hybridized carbons (Fsp3) is 0.684. The number of rotatable bonds is 4. The number of nitrogens with zero attached hydrogens (tertiary/aromatic N) is 3. The van der Waals surface area contributed by atoms with E-state index >= 15 is 0 Å². The number of piperazine rings is 1. The summed E-state index contributed by atoms with van der Waals surface area (Å²) in [6, 6.07) is 9.04. The molecule has 128 valence electrons.